The third-order valence-electron chi connectivity index (χ3n) is 2.61. The topological polar surface area (TPSA) is 84.3 Å². The van der Waals surface area contributed by atoms with E-state index in [1.54, 1.807) is 19.1 Å². The van der Waals surface area contributed by atoms with Gasteiger partial charge in [0.1, 0.15) is 11.7 Å². The van der Waals surface area contributed by atoms with E-state index in [2.05, 4.69) is 26.6 Å². The molecule has 0 saturated carbocycles. The molecule has 1 aromatic carbocycles. The second-order valence-corrected chi connectivity index (χ2v) is 5.84. The monoisotopic (exact) mass is 343 g/mol. The summed E-state index contributed by atoms with van der Waals surface area (Å²) in [5.41, 5.74) is 0.258. The van der Waals surface area contributed by atoms with Crippen LogP contribution in [0.3, 0.4) is 0 Å². The normalized spacial score (nSPS) is 12.1. The summed E-state index contributed by atoms with van der Waals surface area (Å²) in [6, 6.07) is 4.02. The van der Waals surface area contributed by atoms with Crippen LogP contribution in [0.25, 0.3) is 0 Å². The van der Waals surface area contributed by atoms with Gasteiger partial charge in [-0.2, -0.15) is 0 Å². The summed E-state index contributed by atoms with van der Waals surface area (Å²) in [5.74, 6) is 0.166. The molecule has 7 heteroatoms. The molecule has 0 aliphatic rings. The van der Waals surface area contributed by atoms with Crippen LogP contribution in [0.1, 0.15) is 20.8 Å². The van der Waals surface area contributed by atoms with E-state index in [9.17, 15) is 14.9 Å². The summed E-state index contributed by atoms with van der Waals surface area (Å²) in [6.45, 7) is 6.24. The first-order valence-electron chi connectivity index (χ1n) is 6.29. The van der Waals surface area contributed by atoms with Crippen LogP contribution in [0.15, 0.2) is 22.7 Å². The SMILES string of the molecule is CC(C)CNC(=O)C(C)Nc1cc(Br)ccc1[N+](=O)[O-]. The molecule has 2 N–H and O–H groups in total. The molecule has 0 aromatic heterocycles. The van der Waals surface area contributed by atoms with E-state index in [0.717, 1.165) is 0 Å². The molecule has 0 saturated heterocycles. The average Bonchev–Trinajstić information content (AvgIpc) is 2.35. The van der Waals surface area contributed by atoms with Crippen molar-refractivity contribution in [3.8, 4) is 0 Å². The molecule has 1 amide bonds. The molecule has 6 nitrogen and oxygen atoms in total. The summed E-state index contributed by atoms with van der Waals surface area (Å²) in [7, 11) is 0. The van der Waals surface area contributed by atoms with E-state index in [1.807, 2.05) is 13.8 Å². The first-order chi connectivity index (χ1) is 9.31. The number of amides is 1. The Morgan fingerprint density at radius 3 is 2.60 bits per heavy atom. The lowest BCUT2D eigenvalue weighted by molar-refractivity contribution is -0.384. The lowest BCUT2D eigenvalue weighted by atomic mass is 10.2. The quantitative estimate of drug-likeness (QED) is 0.614. The van der Waals surface area contributed by atoms with E-state index in [0.29, 0.717) is 22.6 Å². The number of nitro benzene ring substituents is 1. The fraction of sp³-hybridized carbons (Fsp3) is 0.462. The molecule has 1 rings (SSSR count). The fourth-order valence-electron chi connectivity index (χ4n) is 1.54. The van der Waals surface area contributed by atoms with Crippen LogP contribution in [-0.2, 0) is 4.79 Å². The predicted octanol–water partition coefficient (Wildman–Crippen LogP) is 2.93. The van der Waals surface area contributed by atoms with Crippen LogP contribution in [0.4, 0.5) is 11.4 Å². The molecule has 1 atom stereocenters. The highest BCUT2D eigenvalue weighted by Gasteiger charge is 2.19. The number of carbonyl (C=O) groups is 1. The maximum Gasteiger partial charge on any atom is 0.292 e. The van der Waals surface area contributed by atoms with Gasteiger partial charge in [-0.25, -0.2) is 0 Å². The standard InChI is InChI=1S/C13H18BrN3O3/c1-8(2)7-15-13(18)9(3)16-11-6-10(14)4-5-12(11)17(19)20/h4-6,8-9,16H,7H2,1-3H3,(H,15,18). The van der Waals surface area contributed by atoms with Gasteiger partial charge < -0.3 is 10.6 Å². The van der Waals surface area contributed by atoms with Crippen molar-refractivity contribution in [3.63, 3.8) is 0 Å². The molecule has 1 unspecified atom stereocenters. The Balaban J connectivity index is 2.79. The number of hydrogen-bond acceptors (Lipinski definition) is 4. The van der Waals surface area contributed by atoms with Crippen molar-refractivity contribution >= 4 is 33.2 Å². The van der Waals surface area contributed by atoms with Crippen molar-refractivity contribution in [2.24, 2.45) is 5.92 Å². The molecule has 0 aliphatic heterocycles. The fourth-order valence-corrected chi connectivity index (χ4v) is 1.90. The minimum Gasteiger partial charge on any atom is -0.368 e. The van der Waals surface area contributed by atoms with Gasteiger partial charge in [-0.3, -0.25) is 14.9 Å². The summed E-state index contributed by atoms with van der Waals surface area (Å²) in [5, 5.41) is 16.6. The average molecular weight is 344 g/mol. The number of hydrogen-bond donors (Lipinski definition) is 2. The summed E-state index contributed by atoms with van der Waals surface area (Å²) < 4.78 is 0.709. The largest absolute Gasteiger partial charge is 0.368 e. The minimum atomic E-state index is -0.554. The van der Waals surface area contributed by atoms with Crippen molar-refractivity contribution < 1.29 is 9.72 Å². The molecule has 20 heavy (non-hydrogen) atoms. The third-order valence-corrected chi connectivity index (χ3v) is 3.10. The summed E-state index contributed by atoms with van der Waals surface area (Å²) >= 11 is 3.26. The van der Waals surface area contributed by atoms with Gasteiger partial charge in [0.15, 0.2) is 0 Å². The number of anilines is 1. The number of benzene rings is 1. The molecule has 0 bridgehead atoms. The molecule has 110 valence electrons. The molecule has 0 aliphatic carbocycles. The van der Waals surface area contributed by atoms with Crippen LogP contribution in [0.2, 0.25) is 0 Å². The highest BCUT2D eigenvalue weighted by molar-refractivity contribution is 9.10. The van der Waals surface area contributed by atoms with E-state index >= 15 is 0 Å². The molecule has 0 spiro atoms. The zero-order valence-corrected chi connectivity index (χ0v) is 13.2. The minimum absolute atomic E-state index is 0.0586. The van der Waals surface area contributed by atoms with Crippen LogP contribution in [0.5, 0.6) is 0 Å². The van der Waals surface area contributed by atoms with Crippen LogP contribution >= 0.6 is 15.9 Å². The molecule has 0 heterocycles. The zero-order valence-electron chi connectivity index (χ0n) is 11.6. The van der Waals surface area contributed by atoms with Gasteiger partial charge in [0.2, 0.25) is 5.91 Å². The van der Waals surface area contributed by atoms with Gasteiger partial charge in [-0.1, -0.05) is 29.8 Å². The smallest absolute Gasteiger partial charge is 0.292 e. The highest BCUT2D eigenvalue weighted by atomic mass is 79.9. The summed E-state index contributed by atoms with van der Waals surface area (Å²) in [4.78, 5) is 22.3. The Kier molecular flexibility index (Phi) is 5.94. The van der Waals surface area contributed by atoms with Gasteiger partial charge in [0, 0.05) is 17.1 Å². The van der Waals surface area contributed by atoms with Gasteiger partial charge >= 0.3 is 0 Å². The predicted molar refractivity (Wildman–Crippen MR) is 81.7 cm³/mol. The second kappa shape index (κ2) is 7.23. The molecular weight excluding hydrogens is 326 g/mol. The zero-order chi connectivity index (χ0) is 15.3. The van der Waals surface area contributed by atoms with Gasteiger partial charge in [0.25, 0.3) is 5.69 Å². The van der Waals surface area contributed by atoms with Crippen molar-refractivity contribution in [2.45, 2.75) is 26.8 Å². The van der Waals surface area contributed by atoms with Gasteiger partial charge in [-0.05, 0) is 25.0 Å². The van der Waals surface area contributed by atoms with E-state index in [1.165, 1.54) is 6.07 Å². The molecule has 0 radical (unpaired) electrons. The van der Waals surface area contributed by atoms with Crippen LogP contribution in [-0.4, -0.2) is 23.4 Å². The Morgan fingerprint density at radius 2 is 2.05 bits per heavy atom. The maximum atomic E-state index is 11.9. The van der Waals surface area contributed by atoms with Crippen LogP contribution in [0, 0.1) is 16.0 Å². The van der Waals surface area contributed by atoms with E-state index < -0.39 is 11.0 Å². The molecule has 1 aromatic rings. The number of carbonyl (C=O) groups excluding carboxylic acids is 1. The molecule has 0 fully saturated rings. The summed E-state index contributed by atoms with van der Waals surface area (Å²) in [6.07, 6.45) is 0. The van der Waals surface area contributed by atoms with Crippen molar-refractivity contribution in [2.75, 3.05) is 11.9 Å². The van der Waals surface area contributed by atoms with Crippen LogP contribution < -0.4 is 10.6 Å². The number of rotatable bonds is 6. The molecular formula is C13H18BrN3O3. The second-order valence-electron chi connectivity index (χ2n) is 4.92. The third kappa shape index (κ3) is 4.80. The Hall–Kier alpha value is -1.63. The first-order valence-corrected chi connectivity index (χ1v) is 7.08. The number of nitrogens with zero attached hydrogens (tertiary/aromatic N) is 1. The lowest BCUT2D eigenvalue weighted by Gasteiger charge is -2.16. The number of nitro groups is 1. The lowest BCUT2D eigenvalue weighted by Crippen LogP contribution is -2.39. The Bertz CT molecular complexity index is 506. The Morgan fingerprint density at radius 1 is 1.40 bits per heavy atom. The number of halogens is 1. The Labute approximate surface area is 126 Å². The van der Waals surface area contributed by atoms with E-state index in [4.69, 9.17) is 0 Å². The highest BCUT2D eigenvalue weighted by Crippen LogP contribution is 2.28. The first kappa shape index (κ1) is 16.4. The number of nitrogens with one attached hydrogen (secondary N) is 2. The van der Waals surface area contributed by atoms with Gasteiger partial charge in [-0.15, -0.1) is 0 Å². The maximum absolute atomic E-state index is 11.9. The van der Waals surface area contributed by atoms with Gasteiger partial charge in [0.05, 0.1) is 4.92 Å². The van der Waals surface area contributed by atoms with E-state index in [-0.39, 0.29) is 11.6 Å². The van der Waals surface area contributed by atoms with Crippen molar-refractivity contribution in [3.05, 3.63) is 32.8 Å². The van der Waals surface area contributed by atoms with Crippen molar-refractivity contribution in [1.29, 1.82) is 0 Å². The van der Waals surface area contributed by atoms with Crippen molar-refractivity contribution in [1.82, 2.24) is 5.32 Å².